The monoisotopic (exact) mass is 1590 g/mol. The lowest BCUT2D eigenvalue weighted by Gasteiger charge is -2.49. The maximum atomic E-state index is 13.0. The van der Waals surface area contributed by atoms with E-state index in [1.165, 1.54) is 16.7 Å². The van der Waals surface area contributed by atoms with Crippen molar-refractivity contribution in [2.24, 2.45) is 16.2 Å². The summed E-state index contributed by atoms with van der Waals surface area (Å²) in [5.41, 5.74) is 10.7. The van der Waals surface area contributed by atoms with Crippen LogP contribution < -0.4 is 41.3 Å². The van der Waals surface area contributed by atoms with Crippen molar-refractivity contribution in [2.75, 3.05) is 78.7 Å². The highest BCUT2D eigenvalue weighted by Crippen LogP contribution is 2.52. The first kappa shape index (κ1) is 75.0. The number of benzene rings is 3. The van der Waals surface area contributed by atoms with Crippen LogP contribution in [0, 0.1) is 16.2 Å². The number of nitrogens with zero attached hydrogens (tertiary/aromatic N) is 12. The van der Waals surface area contributed by atoms with E-state index >= 15 is 0 Å². The van der Waals surface area contributed by atoms with Gasteiger partial charge in [-0.25, -0.2) is 15.0 Å². The van der Waals surface area contributed by atoms with Crippen molar-refractivity contribution in [1.29, 1.82) is 0 Å². The lowest BCUT2D eigenvalue weighted by molar-refractivity contribution is -0.127. The van der Waals surface area contributed by atoms with Gasteiger partial charge >= 0.3 is 18.5 Å². The molecule has 12 heterocycles. The minimum atomic E-state index is -4.26. The number of aromatic nitrogens is 12. The second-order valence-electron chi connectivity index (χ2n) is 30.3. The van der Waals surface area contributed by atoms with Gasteiger partial charge in [-0.05, 0) is 157 Å². The highest BCUT2D eigenvalue weighted by atomic mass is 35.5. The molecule has 3 spiro atoms. The quantitative estimate of drug-likeness (QED) is 0.0262. The van der Waals surface area contributed by atoms with Gasteiger partial charge in [0.05, 0.1) is 52.5 Å². The zero-order chi connectivity index (χ0) is 76.2. The van der Waals surface area contributed by atoms with Crippen molar-refractivity contribution in [3.63, 3.8) is 0 Å². The minimum Gasteiger partial charge on any atom is -0.357 e. The van der Waals surface area contributed by atoms with Crippen molar-refractivity contribution >= 4 is 106 Å². The number of aromatic amines is 3. The van der Waals surface area contributed by atoms with Crippen LogP contribution >= 0.6 is 45.6 Å². The van der Waals surface area contributed by atoms with Gasteiger partial charge in [0.1, 0.15) is 31.9 Å². The first-order chi connectivity index (χ1) is 52.8. The Labute approximate surface area is 644 Å². The van der Waals surface area contributed by atoms with Crippen molar-refractivity contribution < 1.29 is 39.5 Å². The number of rotatable bonds is 20. The van der Waals surface area contributed by atoms with Gasteiger partial charge in [0, 0.05) is 141 Å². The molecular weight excluding hydrogens is 1510 g/mol. The SMILES string of the molecule is CNc1nc(N2CC3(CC[C@@H](NCc4cccc(-c5ccn[nH]5)c4)C3)C2)c2cc(CC(F)(F)F)sc2n1.CNc1nc(N2CC3(CC[C@H](NCc4cccc(-c5ccn[nH]5)c4)C3)C2)c2cc(CC(F)(F)F)sc2n1.FC(F)(F)Cc1cc2c(N3CC4(CCC(NCc5cccc(-c6ccn[nH]6)c5)C4)C3)nc(Cl)nc2s1. The average molecular weight is 1590 g/mol. The molecule has 0 bridgehead atoms. The normalized spacial score (nSPS) is 19.1. The van der Waals surface area contributed by atoms with Crippen molar-refractivity contribution in [3.05, 3.63) is 164 Å². The smallest absolute Gasteiger partial charge is 0.357 e. The molecule has 12 aromatic rings. The summed E-state index contributed by atoms with van der Waals surface area (Å²) in [6.07, 6.45) is -0.396. The van der Waals surface area contributed by atoms with E-state index in [-0.39, 0.29) is 36.2 Å². The average Bonchev–Trinajstić information content (AvgIpc) is 1.56. The van der Waals surface area contributed by atoms with Gasteiger partial charge in [0.2, 0.25) is 17.2 Å². The van der Waals surface area contributed by atoms with E-state index < -0.39 is 37.8 Å². The molecule has 0 radical (unpaired) electrons. The molecule has 3 aliphatic heterocycles. The summed E-state index contributed by atoms with van der Waals surface area (Å²) >= 11 is 9.35. The second-order valence-corrected chi connectivity index (χ2v) is 34.0. The molecule has 20 nitrogen and oxygen atoms in total. The number of H-pyrrole nitrogens is 3. The fourth-order valence-corrected chi connectivity index (χ4v) is 20.3. The number of nitrogens with one attached hydrogen (secondary N) is 8. The maximum Gasteiger partial charge on any atom is 0.393 e. The molecule has 33 heteroatoms. The predicted molar refractivity (Wildman–Crippen MR) is 415 cm³/mol. The maximum absolute atomic E-state index is 13.0. The fraction of sp³-hybridized carbons (Fsp3) is 0.416. The molecule has 3 atom stereocenters. The molecule has 3 aliphatic carbocycles. The van der Waals surface area contributed by atoms with Crippen molar-refractivity contribution in [2.45, 2.75) is 133 Å². The summed E-state index contributed by atoms with van der Waals surface area (Å²) in [7, 11) is 3.45. The molecule has 18 rings (SSSR count). The van der Waals surface area contributed by atoms with Crippen LogP contribution in [0.25, 0.3) is 64.4 Å². The lowest BCUT2D eigenvalue weighted by Crippen LogP contribution is -2.56. The minimum absolute atomic E-state index is 0.0715. The van der Waals surface area contributed by atoms with Gasteiger partial charge in [-0.1, -0.05) is 54.6 Å². The van der Waals surface area contributed by atoms with Crippen LogP contribution in [-0.4, -0.2) is 151 Å². The van der Waals surface area contributed by atoms with Crippen LogP contribution in [0.3, 0.4) is 0 Å². The Morgan fingerprint density at radius 3 is 1.05 bits per heavy atom. The predicted octanol–water partition coefficient (Wildman–Crippen LogP) is 16.7. The summed E-state index contributed by atoms with van der Waals surface area (Å²) in [5, 5.41) is 40.4. The largest absolute Gasteiger partial charge is 0.393 e. The number of hydrogen-bond donors (Lipinski definition) is 8. The van der Waals surface area contributed by atoms with Crippen LogP contribution in [-0.2, 0) is 38.9 Å². The molecule has 1 unspecified atom stereocenters. The van der Waals surface area contributed by atoms with Crippen LogP contribution in [0.2, 0.25) is 5.28 Å². The van der Waals surface area contributed by atoms with E-state index in [0.29, 0.717) is 66.5 Å². The summed E-state index contributed by atoms with van der Waals surface area (Å²) < 4.78 is 117. The standard InChI is InChI=1S/2C26H28F3N7S.C25H24ClF3N6S/c2*1-30-24-33-22(20-10-19(12-26(27,28)29)37-23(20)34-24)36-14-25(15-36)7-5-18(11-25)31-13-16-3-2-4-17(9-16)21-6-8-32-35-21;26-23-32-21(19-9-18(11-25(27,28)29)36-22(19)33-23)35-13-24(14-35)6-4-17(10-24)30-12-15-2-1-3-16(8-15)20-5-7-31-34-20/h2*2-4,6,8-10,18,31H,5,7,11-15H2,1H3,(H,32,35)(H,30,33,34);1-3,5,7-9,17,30H,4,6,10-14H2,(H,31,34)/t2*18-;/m10./s1. The Bertz CT molecular complexity index is 4970. The molecule has 110 heavy (non-hydrogen) atoms. The van der Waals surface area contributed by atoms with Gasteiger partial charge in [0.25, 0.3) is 0 Å². The Morgan fingerprint density at radius 1 is 0.427 bits per heavy atom. The van der Waals surface area contributed by atoms with E-state index in [0.717, 1.165) is 196 Å². The Hall–Kier alpha value is -9.05. The zero-order valence-corrected chi connectivity index (χ0v) is 63.3. The van der Waals surface area contributed by atoms with Crippen LogP contribution in [0.5, 0.6) is 0 Å². The number of thiophene rings is 3. The highest BCUT2D eigenvalue weighted by Gasteiger charge is 2.52. The van der Waals surface area contributed by atoms with Crippen molar-refractivity contribution in [1.82, 2.24) is 76.4 Å². The van der Waals surface area contributed by atoms with Crippen LogP contribution in [0.4, 0.5) is 68.9 Å². The topological polar surface area (TPSA) is 233 Å². The fourth-order valence-electron chi connectivity index (χ4n) is 17.0. The molecule has 8 N–H and O–H groups in total. The van der Waals surface area contributed by atoms with E-state index in [9.17, 15) is 39.5 Å². The van der Waals surface area contributed by atoms with E-state index in [1.807, 2.05) is 18.2 Å². The first-order valence-electron chi connectivity index (χ1n) is 36.7. The van der Waals surface area contributed by atoms with Gasteiger partial charge in [-0.15, -0.1) is 34.0 Å². The summed E-state index contributed by atoms with van der Waals surface area (Å²) in [5.74, 6) is 2.99. The lowest BCUT2D eigenvalue weighted by atomic mass is 9.78. The van der Waals surface area contributed by atoms with E-state index in [1.54, 1.807) is 50.9 Å². The Kier molecular flexibility index (Phi) is 20.8. The van der Waals surface area contributed by atoms with Gasteiger partial charge < -0.3 is 41.3 Å². The third-order valence-electron chi connectivity index (χ3n) is 22.0. The third-order valence-corrected chi connectivity index (χ3v) is 25.2. The molecule has 6 aliphatic rings. The number of anilines is 5. The number of halogens is 10. The third kappa shape index (κ3) is 17.2. The molecular formula is C77H80ClF9N20S3. The van der Waals surface area contributed by atoms with E-state index in [2.05, 4.69) is 175 Å². The molecule has 3 saturated carbocycles. The Morgan fingerprint density at radius 2 is 0.745 bits per heavy atom. The molecule has 3 aromatic carbocycles. The molecule has 0 amide bonds. The van der Waals surface area contributed by atoms with E-state index in [4.69, 9.17) is 11.6 Å². The zero-order valence-electron chi connectivity index (χ0n) is 60.1. The molecule has 3 saturated heterocycles. The highest BCUT2D eigenvalue weighted by molar-refractivity contribution is 7.19. The number of hydrogen-bond acceptors (Lipinski definition) is 20. The summed E-state index contributed by atoms with van der Waals surface area (Å²) in [4.78, 5) is 35.7. The molecule has 576 valence electrons. The summed E-state index contributed by atoms with van der Waals surface area (Å²) in [6.45, 7) is 7.51. The van der Waals surface area contributed by atoms with Gasteiger partial charge in [-0.2, -0.15) is 69.8 Å². The molecule has 6 fully saturated rings. The van der Waals surface area contributed by atoms with Crippen LogP contribution in [0.15, 0.2) is 128 Å². The second kappa shape index (κ2) is 30.6. The Balaban J connectivity index is 0.000000125. The molecule has 9 aromatic heterocycles. The van der Waals surface area contributed by atoms with Gasteiger partial charge in [-0.3, -0.25) is 15.3 Å². The number of fused-ring (bicyclic) bond motifs is 3. The summed E-state index contributed by atoms with van der Waals surface area (Å²) in [6, 6.07) is 37.4. The first-order valence-corrected chi connectivity index (χ1v) is 39.5. The van der Waals surface area contributed by atoms with Crippen molar-refractivity contribution in [3.8, 4) is 33.8 Å². The van der Waals surface area contributed by atoms with Crippen LogP contribution in [0.1, 0.15) is 89.1 Å². The number of alkyl halides is 9. The van der Waals surface area contributed by atoms with Gasteiger partial charge in [0.15, 0.2) is 0 Å².